The summed E-state index contributed by atoms with van der Waals surface area (Å²) < 4.78 is 0. The maximum atomic E-state index is 12.1. The van der Waals surface area contributed by atoms with Gasteiger partial charge in [0.05, 0.1) is 12.1 Å². The van der Waals surface area contributed by atoms with E-state index in [1.807, 2.05) is 0 Å². The summed E-state index contributed by atoms with van der Waals surface area (Å²) in [6.45, 7) is 3.23. The summed E-state index contributed by atoms with van der Waals surface area (Å²) in [5.41, 5.74) is -1.98. The van der Waals surface area contributed by atoms with Gasteiger partial charge in [0.25, 0.3) is 0 Å². The highest BCUT2D eigenvalue weighted by Crippen LogP contribution is 2.43. The Kier molecular flexibility index (Phi) is 3.28. The van der Waals surface area contributed by atoms with Gasteiger partial charge >= 0.3 is 5.97 Å². The number of carbonyl (C=O) groups excluding carboxylic acids is 1. The lowest BCUT2D eigenvalue weighted by Crippen LogP contribution is -2.58. The highest BCUT2D eigenvalue weighted by Gasteiger charge is 2.53. The molecule has 0 saturated heterocycles. The van der Waals surface area contributed by atoms with E-state index in [1.165, 1.54) is 4.90 Å². The van der Waals surface area contributed by atoms with Crippen LogP contribution in [-0.4, -0.2) is 46.2 Å². The zero-order valence-corrected chi connectivity index (χ0v) is 9.99. The molecule has 1 aliphatic rings. The van der Waals surface area contributed by atoms with Gasteiger partial charge in [0.1, 0.15) is 5.41 Å². The van der Waals surface area contributed by atoms with Crippen LogP contribution in [-0.2, 0) is 9.59 Å². The number of carboxylic acid groups (broad SMARTS) is 1. The van der Waals surface area contributed by atoms with E-state index in [1.54, 1.807) is 20.9 Å². The minimum atomic E-state index is -1.25. The van der Waals surface area contributed by atoms with Crippen molar-refractivity contribution in [3.8, 4) is 0 Å². The first-order valence-corrected chi connectivity index (χ1v) is 5.40. The number of aliphatic hydroxyl groups is 1. The van der Waals surface area contributed by atoms with Crippen LogP contribution in [0.15, 0.2) is 0 Å². The van der Waals surface area contributed by atoms with Crippen LogP contribution in [0.5, 0.6) is 0 Å². The molecule has 0 aromatic rings. The Balaban J connectivity index is 2.89. The van der Waals surface area contributed by atoms with Crippen LogP contribution in [0.1, 0.15) is 33.1 Å². The Morgan fingerprint density at radius 3 is 2.12 bits per heavy atom. The fourth-order valence-electron chi connectivity index (χ4n) is 1.75. The maximum Gasteiger partial charge on any atom is 0.319 e. The zero-order valence-electron chi connectivity index (χ0n) is 9.99. The number of aliphatic hydroxyl groups excluding tert-OH is 1. The first-order chi connectivity index (χ1) is 7.28. The van der Waals surface area contributed by atoms with Crippen LogP contribution in [0, 0.1) is 5.41 Å². The van der Waals surface area contributed by atoms with Crippen LogP contribution < -0.4 is 0 Å². The zero-order chi connectivity index (χ0) is 12.6. The molecule has 0 heterocycles. The van der Waals surface area contributed by atoms with Gasteiger partial charge in [-0.1, -0.05) is 6.42 Å². The summed E-state index contributed by atoms with van der Waals surface area (Å²) >= 11 is 0. The first-order valence-electron chi connectivity index (χ1n) is 5.40. The summed E-state index contributed by atoms with van der Waals surface area (Å²) in [4.78, 5) is 24.6. The number of hydrogen-bond donors (Lipinski definition) is 2. The largest absolute Gasteiger partial charge is 0.480 e. The van der Waals surface area contributed by atoms with E-state index in [4.69, 9.17) is 10.2 Å². The predicted molar refractivity (Wildman–Crippen MR) is 57.9 cm³/mol. The minimum absolute atomic E-state index is 0.190. The predicted octanol–water partition coefficient (Wildman–Crippen LogP) is 0.471. The molecule has 0 bridgehead atoms. The minimum Gasteiger partial charge on any atom is -0.480 e. The quantitative estimate of drug-likeness (QED) is 0.687. The number of likely N-dealkylation sites (N-methyl/N-ethyl adjacent to an activating group) is 1. The normalized spacial score (nSPS) is 18.8. The standard InChI is InChI=1S/C11H19NO4/c1-10(2,7-13)12(3)8(14)11(9(15)16)5-4-6-11/h13H,4-7H2,1-3H3,(H,15,16). The van der Waals surface area contributed by atoms with E-state index in [-0.39, 0.29) is 6.61 Å². The molecule has 2 N–H and O–H groups in total. The van der Waals surface area contributed by atoms with E-state index >= 15 is 0 Å². The van der Waals surface area contributed by atoms with Gasteiger partial charge in [-0.05, 0) is 26.7 Å². The van der Waals surface area contributed by atoms with E-state index in [0.29, 0.717) is 12.8 Å². The molecule has 0 aromatic heterocycles. The third kappa shape index (κ3) is 1.80. The Morgan fingerprint density at radius 1 is 1.38 bits per heavy atom. The summed E-state index contributed by atoms with van der Waals surface area (Å²) in [5, 5.41) is 18.3. The second-order valence-corrected chi connectivity index (χ2v) is 5.08. The molecular formula is C11H19NO4. The molecule has 0 radical (unpaired) electrons. The molecule has 92 valence electrons. The summed E-state index contributed by atoms with van der Waals surface area (Å²) in [6.07, 6.45) is 1.56. The number of hydrogen-bond acceptors (Lipinski definition) is 3. The number of amides is 1. The van der Waals surface area contributed by atoms with E-state index in [2.05, 4.69) is 0 Å². The van der Waals surface area contributed by atoms with E-state index < -0.39 is 22.8 Å². The van der Waals surface area contributed by atoms with Crippen molar-refractivity contribution in [2.45, 2.75) is 38.6 Å². The molecule has 5 heteroatoms. The average molecular weight is 229 g/mol. The molecule has 1 amide bonds. The second-order valence-electron chi connectivity index (χ2n) is 5.08. The Labute approximate surface area is 95.1 Å². The van der Waals surface area contributed by atoms with Crippen LogP contribution in [0.2, 0.25) is 0 Å². The van der Waals surface area contributed by atoms with Crippen molar-refractivity contribution in [2.24, 2.45) is 5.41 Å². The summed E-state index contributed by atoms with van der Waals surface area (Å²) in [6, 6.07) is 0. The van der Waals surface area contributed by atoms with Crippen molar-refractivity contribution in [1.82, 2.24) is 4.90 Å². The van der Waals surface area contributed by atoms with Crippen molar-refractivity contribution < 1.29 is 19.8 Å². The van der Waals surface area contributed by atoms with Crippen molar-refractivity contribution in [1.29, 1.82) is 0 Å². The van der Waals surface area contributed by atoms with Gasteiger partial charge < -0.3 is 15.1 Å². The number of carbonyl (C=O) groups is 2. The maximum absolute atomic E-state index is 12.1. The Bertz CT molecular complexity index is 307. The van der Waals surface area contributed by atoms with Gasteiger partial charge in [0, 0.05) is 7.05 Å². The van der Waals surface area contributed by atoms with Crippen molar-refractivity contribution in [2.75, 3.05) is 13.7 Å². The Morgan fingerprint density at radius 2 is 1.88 bits per heavy atom. The van der Waals surface area contributed by atoms with Gasteiger partial charge in [-0.15, -0.1) is 0 Å². The molecule has 0 atom stereocenters. The molecule has 0 aliphatic heterocycles. The highest BCUT2D eigenvalue weighted by atomic mass is 16.4. The van der Waals surface area contributed by atoms with Gasteiger partial charge in [-0.2, -0.15) is 0 Å². The van der Waals surface area contributed by atoms with Crippen molar-refractivity contribution >= 4 is 11.9 Å². The number of nitrogens with zero attached hydrogens (tertiary/aromatic N) is 1. The average Bonchev–Trinajstić information content (AvgIpc) is 2.14. The molecule has 1 saturated carbocycles. The first kappa shape index (κ1) is 13.0. The van der Waals surface area contributed by atoms with E-state index in [9.17, 15) is 9.59 Å². The molecular weight excluding hydrogens is 210 g/mol. The third-order valence-electron chi connectivity index (χ3n) is 3.63. The van der Waals surface area contributed by atoms with Gasteiger partial charge in [-0.3, -0.25) is 9.59 Å². The van der Waals surface area contributed by atoms with Crippen molar-refractivity contribution in [3.05, 3.63) is 0 Å². The fraction of sp³-hybridized carbons (Fsp3) is 0.818. The van der Waals surface area contributed by atoms with Crippen LogP contribution in [0.25, 0.3) is 0 Å². The van der Waals surface area contributed by atoms with Crippen LogP contribution in [0.3, 0.4) is 0 Å². The van der Waals surface area contributed by atoms with Crippen molar-refractivity contribution in [3.63, 3.8) is 0 Å². The van der Waals surface area contributed by atoms with Crippen LogP contribution >= 0.6 is 0 Å². The fourth-order valence-corrected chi connectivity index (χ4v) is 1.75. The number of carboxylic acids is 1. The smallest absolute Gasteiger partial charge is 0.319 e. The highest BCUT2D eigenvalue weighted by molar-refractivity contribution is 6.03. The lowest BCUT2D eigenvalue weighted by Gasteiger charge is -2.43. The third-order valence-corrected chi connectivity index (χ3v) is 3.63. The summed E-state index contributed by atoms with van der Waals surface area (Å²) in [7, 11) is 1.54. The topological polar surface area (TPSA) is 77.8 Å². The second kappa shape index (κ2) is 4.05. The monoisotopic (exact) mass is 229 g/mol. The number of rotatable bonds is 4. The summed E-state index contributed by atoms with van der Waals surface area (Å²) in [5.74, 6) is -1.45. The van der Waals surface area contributed by atoms with Crippen LogP contribution in [0.4, 0.5) is 0 Å². The molecule has 5 nitrogen and oxygen atoms in total. The molecule has 0 aromatic carbocycles. The SMILES string of the molecule is CN(C(=O)C1(C(=O)O)CCC1)C(C)(C)CO. The molecule has 16 heavy (non-hydrogen) atoms. The number of aliphatic carboxylic acids is 1. The van der Waals surface area contributed by atoms with Gasteiger partial charge in [-0.25, -0.2) is 0 Å². The van der Waals surface area contributed by atoms with Gasteiger partial charge in [0.2, 0.25) is 5.91 Å². The molecule has 0 spiro atoms. The lowest BCUT2D eigenvalue weighted by atomic mass is 9.67. The molecule has 1 fully saturated rings. The molecule has 1 aliphatic carbocycles. The Hall–Kier alpha value is -1.10. The molecule has 1 rings (SSSR count). The van der Waals surface area contributed by atoms with Gasteiger partial charge in [0.15, 0.2) is 0 Å². The lowest BCUT2D eigenvalue weighted by molar-refractivity contribution is -0.170. The van der Waals surface area contributed by atoms with E-state index in [0.717, 1.165) is 6.42 Å². The molecule has 0 unspecified atom stereocenters.